The maximum absolute atomic E-state index is 2.30. The topological polar surface area (TPSA) is 6.48 Å². The molecule has 2 heteroatoms. The second-order valence-corrected chi connectivity index (χ2v) is 8.53. The largest absolute Gasteiger partial charge is 0.311 e. The van der Waals surface area contributed by atoms with E-state index in [-0.39, 0.29) is 0 Å². The molecule has 0 bridgehead atoms. The van der Waals surface area contributed by atoms with Crippen molar-refractivity contribution < 1.29 is 0 Å². The van der Waals surface area contributed by atoms with E-state index in [2.05, 4.69) is 157 Å². The summed E-state index contributed by atoms with van der Waals surface area (Å²) in [6.07, 6.45) is 0. The number of benzene rings is 5. The molecule has 0 saturated carbocycles. The summed E-state index contributed by atoms with van der Waals surface area (Å²) in [6.45, 7) is 16.2. The fraction of sp³-hybridized carbons (Fsp3) is 0.211. The van der Waals surface area contributed by atoms with Crippen molar-refractivity contribution in [2.24, 2.45) is 0 Å². The van der Waals surface area contributed by atoms with E-state index in [1.165, 1.54) is 11.1 Å². The van der Waals surface area contributed by atoms with Gasteiger partial charge in [-0.1, -0.05) is 113 Å². The van der Waals surface area contributed by atoms with Gasteiger partial charge >= 0.3 is 0 Å². The Morgan fingerprint density at radius 3 is 0.725 bits per heavy atom. The van der Waals surface area contributed by atoms with Gasteiger partial charge in [0.1, 0.15) is 0 Å². The average Bonchev–Trinajstić information content (AvgIpc) is 3.04. The number of aryl methyl sites for hydroxylation is 2. The minimum atomic E-state index is 1.12. The maximum atomic E-state index is 2.30. The van der Waals surface area contributed by atoms with E-state index < -0.39 is 0 Å². The number of nitrogens with zero attached hydrogens (tertiary/aromatic N) is 2. The minimum absolute atomic E-state index is 1.12. The molecule has 2 nitrogen and oxygen atoms in total. The predicted molar refractivity (Wildman–Crippen MR) is 179 cm³/mol. The molecule has 40 heavy (non-hydrogen) atoms. The molecule has 0 spiro atoms. The number of hydrogen-bond donors (Lipinski definition) is 0. The molecule has 0 heterocycles. The summed E-state index contributed by atoms with van der Waals surface area (Å²) in [7, 11) is 0. The summed E-state index contributed by atoms with van der Waals surface area (Å²) < 4.78 is 0. The second kappa shape index (κ2) is 17.3. The third-order valence-electron chi connectivity index (χ3n) is 5.98. The molecule has 5 aromatic rings. The van der Waals surface area contributed by atoms with Crippen LogP contribution in [0.15, 0.2) is 133 Å². The van der Waals surface area contributed by atoms with Crippen LogP contribution in [0.25, 0.3) is 0 Å². The Hall–Kier alpha value is -4.30. The highest BCUT2D eigenvalue weighted by atomic mass is 15.2. The Kier molecular flexibility index (Phi) is 13.8. The van der Waals surface area contributed by atoms with E-state index in [0.29, 0.717) is 0 Å². The van der Waals surface area contributed by atoms with E-state index in [9.17, 15) is 0 Å². The van der Waals surface area contributed by atoms with Crippen molar-refractivity contribution in [1.82, 2.24) is 0 Å². The molecule has 0 amide bonds. The molecule has 5 rings (SSSR count). The Balaban J connectivity index is 0.000000876. The highest BCUT2D eigenvalue weighted by Gasteiger charge is 2.15. The third kappa shape index (κ3) is 8.35. The van der Waals surface area contributed by atoms with Crippen molar-refractivity contribution in [2.75, 3.05) is 9.80 Å². The quantitative estimate of drug-likeness (QED) is 0.215. The number of anilines is 6. The first-order chi connectivity index (χ1) is 19.7. The molecular weight excluding hydrogens is 484 g/mol. The first-order valence-corrected chi connectivity index (χ1v) is 14.6. The lowest BCUT2D eigenvalue weighted by molar-refractivity contribution is 1.25. The van der Waals surface area contributed by atoms with E-state index in [0.717, 1.165) is 34.1 Å². The van der Waals surface area contributed by atoms with Crippen LogP contribution < -0.4 is 9.80 Å². The molecule has 0 unspecified atom stereocenters. The van der Waals surface area contributed by atoms with Crippen LogP contribution in [0.3, 0.4) is 0 Å². The van der Waals surface area contributed by atoms with Gasteiger partial charge < -0.3 is 9.80 Å². The van der Waals surface area contributed by atoms with Gasteiger partial charge in [-0.2, -0.15) is 0 Å². The van der Waals surface area contributed by atoms with Gasteiger partial charge in [0.15, 0.2) is 0 Å². The van der Waals surface area contributed by atoms with Crippen LogP contribution in [-0.4, -0.2) is 0 Å². The van der Waals surface area contributed by atoms with Crippen LogP contribution in [0.2, 0.25) is 0 Å². The molecule has 0 aliphatic rings. The van der Waals surface area contributed by atoms with E-state index in [1.54, 1.807) is 0 Å². The summed E-state index contributed by atoms with van der Waals surface area (Å²) in [5, 5.41) is 0. The summed E-state index contributed by atoms with van der Waals surface area (Å²) in [5.41, 5.74) is 9.31. The number of para-hydroxylation sites is 2. The van der Waals surface area contributed by atoms with Crippen molar-refractivity contribution in [3.8, 4) is 0 Å². The SMILES string of the molecule is CC.CC.CC.Cc1ccc(N(c2ccc(C)cc2)c2ccc(N(c3ccccc3)c3ccccc3)cc2)cc1. The van der Waals surface area contributed by atoms with Crippen LogP contribution in [0.5, 0.6) is 0 Å². The smallest absolute Gasteiger partial charge is 0.0463 e. The van der Waals surface area contributed by atoms with Gasteiger partial charge in [0, 0.05) is 34.1 Å². The molecule has 0 saturated heterocycles. The Morgan fingerprint density at radius 1 is 0.275 bits per heavy atom. The van der Waals surface area contributed by atoms with E-state index in [1.807, 2.05) is 41.5 Å². The van der Waals surface area contributed by atoms with Crippen molar-refractivity contribution in [2.45, 2.75) is 55.4 Å². The molecule has 0 aliphatic heterocycles. The molecule has 5 aromatic carbocycles. The molecule has 0 aliphatic carbocycles. The second-order valence-electron chi connectivity index (χ2n) is 8.53. The first kappa shape index (κ1) is 31.9. The van der Waals surface area contributed by atoms with Crippen LogP contribution in [-0.2, 0) is 0 Å². The van der Waals surface area contributed by atoms with E-state index in [4.69, 9.17) is 0 Å². The molecule has 0 N–H and O–H groups in total. The number of rotatable bonds is 6. The summed E-state index contributed by atoms with van der Waals surface area (Å²) in [6, 6.07) is 47.2. The standard InChI is InChI=1S/C32H28N2.3C2H6/c1-25-13-17-29(18-14-25)34(30-19-15-26(2)16-20-30)32-23-21-31(22-24-32)33(27-9-5-3-6-10-27)28-11-7-4-8-12-28;3*1-2/h3-24H,1-2H3;3*1-2H3. The van der Waals surface area contributed by atoms with Gasteiger partial charge in [0.25, 0.3) is 0 Å². The Morgan fingerprint density at radius 2 is 0.475 bits per heavy atom. The summed E-state index contributed by atoms with van der Waals surface area (Å²) in [4.78, 5) is 4.59. The predicted octanol–water partition coefficient (Wildman–Crippen LogP) is 12.3. The van der Waals surface area contributed by atoms with Gasteiger partial charge in [0.05, 0.1) is 0 Å². The van der Waals surface area contributed by atoms with Crippen molar-refractivity contribution in [1.29, 1.82) is 0 Å². The Bertz CT molecular complexity index is 1240. The average molecular weight is 531 g/mol. The molecule has 0 aromatic heterocycles. The zero-order valence-corrected chi connectivity index (χ0v) is 25.6. The molecule has 0 atom stereocenters. The van der Waals surface area contributed by atoms with Gasteiger partial charge in [-0.3, -0.25) is 0 Å². The van der Waals surface area contributed by atoms with Gasteiger partial charge in [-0.05, 0) is 86.6 Å². The van der Waals surface area contributed by atoms with Crippen molar-refractivity contribution in [3.63, 3.8) is 0 Å². The van der Waals surface area contributed by atoms with Gasteiger partial charge in [-0.15, -0.1) is 0 Å². The lowest BCUT2D eigenvalue weighted by atomic mass is 10.1. The fourth-order valence-corrected chi connectivity index (χ4v) is 4.19. The van der Waals surface area contributed by atoms with Gasteiger partial charge in [0.2, 0.25) is 0 Å². The van der Waals surface area contributed by atoms with Crippen molar-refractivity contribution in [3.05, 3.63) is 145 Å². The molecule has 208 valence electrons. The normalized spacial score (nSPS) is 9.50. The number of hydrogen-bond acceptors (Lipinski definition) is 2. The highest BCUT2D eigenvalue weighted by molar-refractivity contribution is 5.81. The Labute approximate surface area is 243 Å². The fourth-order valence-electron chi connectivity index (χ4n) is 4.19. The summed E-state index contributed by atoms with van der Waals surface area (Å²) >= 11 is 0. The molecule has 0 radical (unpaired) electrons. The molecule has 0 fully saturated rings. The van der Waals surface area contributed by atoms with Crippen LogP contribution >= 0.6 is 0 Å². The van der Waals surface area contributed by atoms with E-state index >= 15 is 0 Å². The monoisotopic (exact) mass is 530 g/mol. The van der Waals surface area contributed by atoms with Crippen LogP contribution in [0.1, 0.15) is 52.7 Å². The lowest BCUT2D eigenvalue weighted by Gasteiger charge is -2.28. The molecular formula is C38H46N2. The zero-order chi connectivity index (χ0) is 29.3. The minimum Gasteiger partial charge on any atom is -0.311 e. The third-order valence-corrected chi connectivity index (χ3v) is 5.98. The lowest BCUT2D eigenvalue weighted by Crippen LogP contribution is -2.12. The highest BCUT2D eigenvalue weighted by Crippen LogP contribution is 2.38. The van der Waals surface area contributed by atoms with Crippen LogP contribution in [0.4, 0.5) is 34.1 Å². The maximum Gasteiger partial charge on any atom is 0.0463 e. The summed E-state index contributed by atoms with van der Waals surface area (Å²) in [5.74, 6) is 0. The van der Waals surface area contributed by atoms with Crippen molar-refractivity contribution >= 4 is 34.1 Å². The first-order valence-electron chi connectivity index (χ1n) is 14.6. The van der Waals surface area contributed by atoms with Crippen LogP contribution in [0, 0.1) is 13.8 Å². The zero-order valence-electron chi connectivity index (χ0n) is 25.6. The van der Waals surface area contributed by atoms with Gasteiger partial charge in [-0.25, -0.2) is 0 Å².